The second-order valence-electron chi connectivity index (χ2n) is 11.0. The van der Waals surface area contributed by atoms with Crippen LogP contribution in [0.1, 0.15) is 17.3 Å². The molecular formula is C34H27F4N3O6S. The molecule has 9 nitrogen and oxygen atoms in total. The predicted molar refractivity (Wildman–Crippen MR) is 173 cm³/mol. The number of methoxy groups -OCH3 is 1. The summed E-state index contributed by atoms with van der Waals surface area (Å²) in [5.74, 6) is -2.66. The number of nitrogens with zero attached hydrogens (tertiary/aromatic N) is 2. The van der Waals surface area contributed by atoms with E-state index >= 15 is 0 Å². The van der Waals surface area contributed by atoms with E-state index in [4.69, 9.17) is 13.6 Å². The number of amides is 1. The lowest BCUT2D eigenvalue weighted by atomic mass is 9.96. The molecule has 4 aromatic carbocycles. The van der Waals surface area contributed by atoms with Gasteiger partial charge in [-0.2, -0.15) is 0 Å². The lowest BCUT2D eigenvalue weighted by Crippen LogP contribution is -2.39. The van der Waals surface area contributed by atoms with E-state index in [9.17, 15) is 30.8 Å². The quantitative estimate of drug-likeness (QED) is 0.157. The number of hydrogen-bond donors (Lipinski definition) is 1. The third-order valence-corrected chi connectivity index (χ3v) is 9.01. The van der Waals surface area contributed by atoms with Gasteiger partial charge in [-0.15, -0.1) is 0 Å². The van der Waals surface area contributed by atoms with Gasteiger partial charge in [-0.1, -0.05) is 6.07 Å². The maximum absolute atomic E-state index is 14.5. The number of sulfonamides is 1. The number of carbonyl (C=O) groups is 1. The van der Waals surface area contributed by atoms with Crippen LogP contribution in [0.5, 0.6) is 5.75 Å². The topological polar surface area (TPSA) is 115 Å². The fourth-order valence-electron chi connectivity index (χ4n) is 5.62. The molecule has 6 aromatic rings. The van der Waals surface area contributed by atoms with E-state index in [0.29, 0.717) is 17.2 Å². The van der Waals surface area contributed by atoms with Crippen LogP contribution in [0.4, 0.5) is 23.2 Å². The molecule has 0 bridgehead atoms. The van der Waals surface area contributed by atoms with Crippen molar-refractivity contribution in [2.24, 2.45) is 0 Å². The molecule has 1 amide bonds. The van der Waals surface area contributed by atoms with Crippen molar-refractivity contribution in [1.82, 2.24) is 10.3 Å². The van der Waals surface area contributed by atoms with E-state index in [1.807, 2.05) is 0 Å². The normalized spacial score (nSPS) is 12.4. The monoisotopic (exact) mass is 681 g/mol. The van der Waals surface area contributed by atoms with E-state index in [0.717, 1.165) is 16.6 Å². The SMILES string of the molecule is CNC(=O)c1c(-c2ccc(F)cc2)oc2cc(N(C(C)CF)S(C)(=O)=O)c(-c3ccc(OC)c(-c4nc5cc(F)cc(F)c5o4)c3)cc12. The Hall–Kier alpha value is -5.37. The minimum atomic E-state index is -4.11. The van der Waals surface area contributed by atoms with Crippen LogP contribution in [-0.4, -0.2) is 52.4 Å². The van der Waals surface area contributed by atoms with Crippen molar-refractivity contribution in [1.29, 1.82) is 0 Å². The number of aromatic nitrogens is 1. The van der Waals surface area contributed by atoms with Crippen LogP contribution in [-0.2, 0) is 10.0 Å². The molecule has 0 aliphatic rings. The van der Waals surface area contributed by atoms with Crippen molar-refractivity contribution in [3.05, 3.63) is 89.7 Å². The first-order chi connectivity index (χ1) is 22.8. The molecule has 0 aliphatic heterocycles. The number of ether oxygens (including phenoxy) is 1. The zero-order valence-electron chi connectivity index (χ0n) is 25.9. The third kappa shape index (κ3) is 5.72. The highest BCUT2D eigenvalue weighted by atomic mass is 32.2. The van der Waals surface area contributed by atoms with Gasteiger partial charge in [0.05, 0.1) is 36.2 Å². The summed E-state index contributed by atoms with van der Waals surface area (Å²) in [4.78, 5) is 17.5. The number of anilines is 1. The molecule has 0 aliphatic carbocycles. The Balaban J connectivity index is 1.68. The Morgan fingerprint density at radius 2 is 1.67 bits per heavy atom. The molecule has 2 aromatic heterocycles. The largest absolute Gasteiger partial charge is 0.496 e. The maximum Gasteiger partial charge on any atom is 0.255 e. The van der Waals surface area contributed by atoms with Gasteiger partial charge in [0, 0.05) is 41.8 Å². The van der Waals surface area contributed by atoms with E-state index < -0.39 is 46.1 Å². The van der Waals surface area contributed by atoms with Crippen molar-refractivity contribution in [3.8, 4) is 39.7 Å². The molecule has 0 saturated carbocycles. The number of rotatable bonds is 9. The average Bonchev–Trinajstić information content (AvgIpc) is 3.65. The first kappa shape index (κ1) is 32.6. The fourth-order valence-corrected chi connectivity index (χ4v) is 6.84. The Kier molecular flexibility index (Phi) is 8.37. The second kappa shape index (κ2) is 12.3. The lowest BCUT2D eigenvalue weighted by Gasteiger charge is -2.29. The molecule has 1 unspecified atom stereocenters. The van der Waals surface area contributed by atoms with Crippen LogP contribution < -0.4 is 14.4 Å². The van der Waals surface area contributed by atoms with Gasteiger partial charge in [-0.05, 0) is 55.0 Å². The highest BCUT2D eigenvalue weighted by molar-refractivity contribution is 7.92. The minimum absolute atomic E-state index is 0.0137. The highest BCUT2D eigenvalue weighted by Gasteiger charge is 2.31. The molecule has 1 atom stereocenters. The first-order valence-corrected chi connectivity index (χ1v) is 16.3. The average molecular weight is 682 g/mol. The van der Waals surface area contributed by atoms with Gasteiger partial charge in [0.15, 0.2) is 11.4 Å². The number of fused-ring (bicyclic) bond motifs is 2. The Labute approximate surface area is 271 Å². The summed E-state index contributed by atoms with van der Waals surface area (Å²) in [6.45, 7) is 0.356. The molecule has 0 fully saturated rings. The number of oxazole rings is 1. The van der Waals surface area contributed by atoms with E-state index in [2.05, 4.69) is 10.3 Å². The summed E-state index contributed by atoms with van der Waals surface area (Å²) >= 11 is 0. The summed E-state index contributed by atoms with van der Waals surface area (Å²) < 4.78 is 101. The van der Waals surface area contributed by atoms with Gasteiger partial charge in [0.25, 0.3) is 5.91 Å². The van der Waals surface area contributed by atoms with Crippen molar-refractivity contribution >= 4 is 43.7 Å². The van der Waals surface area contributed by atoms with E-state index in [-0.39, 0.29) is 61.8 Å². The smallest absolute Gasteiger partial charge is 0.255 e. The van der Waals surface area contributed by atoms with Crippen LogP contribution in [0.25, 0.3) is 56.0 Å². The Bertz CT molecular complexity index is 2320. The molecule has 0 saturated heterocycles. The second-order valence-corrected chi connectivity index (χ2v) is 12.8. The number of halogens is 4. The van der Waals surface area contributed by atoms with Crippen LogP contribution >= 0.6 is 0 Å². The van der Waals surface area contributed by atoms with E-state index in [1.54, 1.807) is 6.07 Å². The molecule has 0 spiro atoms. The van der Waals surface area contributed by atoms with Gasteiger partial charge in [0.2, 0.25) is 15.9 Å². The number of carbonyl (C=O) groups excluding carboxylic acids is 1. The summed E-state index contributed by atoms with van der Waals surface area (Å²) in [6.07, 6.45) is 0.931. The van der Waals surface area contributed by atoms with Crippen LogP contribution in [0.2, 0.25) is 0 Å². The summed E-state index contributed by atoms with van der Waals surface area (Å²) in [7, 11) is -1.31. The summed E-state index contributed by atoms with van der Waals surface area (Å²) in [5.41, 5.74) is 0.954. The zero-order chi connectivity index (χ0) is 34.5. The summed E-state index contributed by atoms with van der Waals surface area (Å²) in [5, 5.41) is 2.84. The van der Waals surface area contributed by atoms with Crippen molar-refractivity contribution in [2.45, 2.75) is 13.0 Å². The molecule has 14 heteroatoms. The van der Waals surface area contributed by atoms with Gasteiger partial charge >= 0.3 is 0 Å². The molecule has 1 N–H and O–H groups in total. The molecule has 48 heavy (non-hydrogen) atoms. The first-order valence-electron chi connectivity index (χ1n) is 14.4. The number of benzene rings is 4. The molecule has 0 radical (unpaired) electrons. The number of furan rings is 1. The molecule has 248 valence electrons. The van der Waals surface area contributed by atoms with Crippen LogP contribution in [0, 0.1) is 17.5 Å². The molecule has 2 heterocycles. The third-order valence-electron chi connectivity index (χ3n) is 7.74. The van der Waals surface area contributed by atoms with Crippen LogP contribution in [0.3, 0.4) is 0 Å². The number of alkyl halides is 1. The standard InChI is InChI=1S/C34H27F4N3O6S/c1-17(16-35)41(48(4,43)44)27-15-29-23(30(33(42)39-2)31(46-29)18-5-8-20(36)9-6-18)14-22(27)19-7-10-28(45-3)24(11-19)34-40-26-13-21(37)12-25(38)32(26)47-34/h5-15,17H,16H2,1-4H3,(H,39,42). The lowest BCUT2D eigenvalue weighted by molar-refractivity contribution is 0.0964. The van der Waals surface area contributed by atoms with Gasteiger partial charge < -0.3 is 18.9 Å². The fraction of sp³-hybridized carbons (Fsp3) is 0.176. The predicted octanol–water partition coefficient (Wildman–Crippen LogP) is 7.48. The maximum atomic E-state index is 14.5. The van der Waals surface area contributed by atoms with E-state index in [1.165, 1.54) is 69.6 Å². The number of hydrogen-bond acceptors (Lipinski definition) is 7. The Morgan fingerprint density at radius 1 is 0.958 bits per heavy atom. The molecular weight excluding hydrogens is 654 g/mol. The Morgan fingerprint density at radius 3 is 2.31 bits per heavy atom. The highest BCUT2D eigenvalue weighted by Crippen LogP contribution is 2.44. The number of nitrogens with one attached hydrogen (secondary N) is 1. The van der Waals surface area contributed by atoms with Crippen molar-refractivity contribution in [2.75, 3.05) is 31.4 Å². The van der Waals surface area contributed by atoms with Crippen molar-refractivity contribution < 1.29 is 44.3 Å². The molecule has 6 rings (SSSR count). The summed E-state index contributed by atoms with van der Waals surface area (Å²) in [6, 6.07) is 13.3. The van der Waals surface area contributed by atoms with Gasteiger partial charge in [0.1, 0.15) is 40.9 Å². The van der Waals surface area contributed by atoms with Gasteiger partial charge in [-0.3, -0.25) is 9.10 Å². The minimum Gasteiger partial charge on any atom is -0.496 e. The van der Waals surface area contributed by atoms with Crippen molar-refractivity contribution in [3.63, 3.8) is 0 Å². The zero-order valence-corrected chi connectivity index (χ0v) is 26.7. The van der Waals surface area contributed by atoms with Crippen LogP contribution in [0.15, 0.2) is 75.6 Å². The van der Waals surface area contributed by atoms with Gasteiger partial charge in [-0.25, -0.2) is 31.0 Å².